The van der Waals surface area contributed by atoms with Crippen molar-refractivity contribution in [3.05, 3.63) is 57.7 Å². The third-order valence-corrected chi connectivity index (χ3v) is 5.11. The molecule has 0 radical (unpaired) electrons. The fourth-order valence-corrected chi connectivity index (χ4v) is 3.59. The summed E-state index contributed by atoms with van der Waals surface area (Å²) in [5, 5.41) is 3.09. The predicted molar refractivity (Wildman–Crippen MR) is 109 cm³/mol. The highest BCUT2D eigenvalue weighted by molar-refractivity contribution is 6.04. The molecule has 1 aromatic heterocycles. The second-order valence-electron chi connectivity index (χ2n) is 7.17. The Morgan fingerprint density at radius 2 is 1.94 bits per heavy atom. The first-order valence-corrected chi connectivity index (χ1v) is 9.28. The molecule has 31 heavy (non-hydrogen) atoms. The highest BCUT2D eigenvalue weighted by atomic mass is 19.4. The minimum atomic E-state index is -4.47. The molecule has 1 aliphatic heterocycles. The second kappa shape index (κ2) is 7.88. The van der Waals surface area contributed by atoms with Crippen LogP contribution in [0.1, 0.15) is 46.7 Å². The molecule has 7 nitrogen and oxygen atoms in total. The van der Waals surface area contributed by atoms with E-state index >= 15 is 0 Å². The summed E-state index contributed by atoms with van der Waals surface area (Å²) < 4.78 is 39.9. The average molecular weight is 431 g/mol. The van der Waals surface area contributed by atoms with Crippen LogP contribution in [0.4, 0.5) is 19.0 Å². The van der Waals surface area contributed by atoms with E-state index in [-0.39, 0.29) is 28.5 Å². The molecular formula is C21H20F3N5O2. The van der Waals surface area contributed by atoms with E-state index in [0.717, 1.165) is 6.07 Å². The summed E-state index contributed by atoms with van der Waals surface area (Å²) in [6, 6.07) is 3.39. The van der Waals surface area contributed by atoms with Gasteiger partial charge in [0, 0.05) is 12.6 Å². The number of anilines is 1. The Labute approximate surface area is 176 Å². The standard InChI is InChI=1S/C21H20F3N5O2/c1-10-13(6-5-7-15(10)21(22,23)24)11(2)26-20-14-8-16(19(25)31)29(4)17(9-30)18(14)27-12(3)28-20/h5-8,11H,1-4H3,(H2,25,31)(H,26,27,28)/t11-/m1/s1. The summed E-state index contributed by atoms with van der Waals surface area (Å²) in [5.41, 5.74) is 5.83. The number of hydrogen-bond donors (Lipinski definition) is 2. The van der Waals surface area contributed by atoms with Crippen molar-refractivity contribution in [1.82, 2.24) is 14.9 Å². The van der Waals surface area contributed by atoms with E-state index in [1.165, 1.54) is 31.0 Å². The van der Waals surface area contributed by atoms with E-state index in [0.29, 0.717) is 17.0 Å². The Balaban J connectivity index is 2.12. The van der Waals surface area contributed by atoms with Crippen LogP contribution in [0, 0.1) is 13.8 Å². The number of likely N-dealkylation sites (N-methyl/N-ethyl adjacent to an activating group) is 1. The van der Waals surface area contributed by atoms with Gasteiger partial charge in [0.15, 0.2) is 11.6 Å². The van der Waals surface area contributed by atoms with E-state index in [9.17, 15) is 22.8 Å². The number of amides is 1. The second-order valence-corrected chi connectivity index (χ2v) is 7.17. The van der Waals surface area contributed by atoms with Crippen LogP contribution in [-0.4, -0.2) is 33.8 Å². The van der Waals surface area contributed by atoms with Crippen molar-refractivity contribution in [3.63, 3.8) is 0 Å². The zero-order valence-corrected chi connectivity index (χ0v) is 17.3. The number of alkyl halides is 3. The Morgan fingerprint density at radius 1 is 1.26 bits per heavy atom. The Hall–Kier alpha value is -3.65. The molecule has 0 unspecified atom stereocenters. The first-order chi connectivity index (χ1) is 14.5. The van der Waals surface area contributed by atoms with Crippen LogP contribution in [-0.2, 0) is 15.8 Å². The normalized spacial score (nSPS) is 14.5. The molecule has 3 N–H and O–H groups in total. The molecule has 2 heterocycles. The Morgan fingerprint density at radius 3 is 2.52 bits per heavy atom. The number of halogens is 3. The lowest BCUT2D eigenvalue weighted by Gasteiger charge is -2.28. The van der Waals surface area contributed by atoms with Crippen LogP contribution in [0.5, 0.6) is 0 Å². The molecular weight excluding hydrogens is 411 g/mol. The summed E-state index contributed by atoms with van der Waals surface area (Å²) in [5.74, 6) is 1.58. The number of nitrogens with zero attached hydrogens (tertiary/aromatic N) is 3. The van der Waals surface area contributed by atoms with Crippen molar-refractivity contribution in [2.75, 3.05) is 12.4 Å². The van der Waals surface area contributed by atoms with Gasteiger partial charge in [0.1, 0.15) is 23.0 Å². The van der Waals surface area contributed by atoms with Crippen LogP contribution in [0.3, 0.4) is 0 Å². The molecule has 1 amide bonds. The van der Waals surface area contributed by atoms with Gasteiger partial charge in [0.2, 0.25) is 0 Å². The summed E-state index contributed by atoms with van der Waals surface area (Å²) in [7, 11) is 1.49. The molecule has 0 saturated carbocycles. The van der Waals surface area contributed by atoms with Gasteiger partial charge in [-0.15, -0.1) is 0 Å². The molecule has 0 fully saturated rings. The number of carbonyl (C=O) groups excluding carboxylic acids is 2. The van der Waals surface area contributed by atoms with Gasteiger partial charge in [0.25, 0.3) is 5.91 Å². The summed E-state index contributed by atoms with van der Waals surface area (Å²) in [6.07, 6.45) is -3.04. The van der Waals surface area contributed by atoms with Gasteiger partial charge in [-0.25, -0.2) is 14.8 Å². The Bertz CT molecular complexity index is 1150. The lowest BCUT2D eigenvalue weighted by atomic mass is 9.97. The van der Waals surface area contributed by atoms with E-state index in [1.807, 2.05) is 0 Å². The molecule has 2 aromatic rings. The van der Waals surface area contributed by atoms with Crippen LogP contribution in [0.2, 0.25) is 0 Å². The maximum Gasteiger partial charge on any atom is 0.416 e. The molecule has 0 saturated heterocycles. The zero-order valence-electron chi connectivity index (χ0n) is 17.3. The van der Waals surface area contributed by atoms with E-state index in [4.69, 9.17) is 5.73 Å². The molecule has 1 aliphatic rings. The Kier molecular flexibility index (Phi) is 5.61. The van der Waals surface area contributed by atoms with E-state index in [2.05, 4.69) is 15.3 Å². The van der Waals surface area contributed by atoms with Crippen molar-refractivity contribution < 1.29 is 22.8 Å². The third-order valence-electron chi connectivity index (χ3n) is 5.11. The number of aromatic nitrogens is 2. The maximum atomic E-state index is 13.3. The quantitative estimate of drug-likeness (QED) is 0.721. The maximum absolute atomic E-state index is 13.3. The van der Waals surface area contributed by atoms with Gasteiger partial charge in [-0.2, -0.15) is 13.2 Å². The van der Waals surface area contributed by atoms with Crippen LogP contribution < -0.4 is 11.1 Å². The van der Waals surface area contributed by atoms with Crippen molar-refractivity contribution in [2.45, 2.75) is 33.0 Å². The van der Waals surface area contributed by atoms with Crippen molar-refractivity contribution >= 4 is 29.4 Å². The zero-order chi connectivity index (χ0) is 23.1. The number of fused-ring (bicyclic) bond motifs is 1. The van der Waals surface area contributed by atoms with Gasteiger partial charge in [0.05, 0.1) is 11.6 Å². The topological polar surface area (TPSA) is 101 Å². The highest BCUT2D eigenvalue weighted by Gasteiger charge is 2.34. The number of rotatable bonds is 4. The number of hydrogen-bond acceptors (Lipinski definition) is 6. The molecule has 0 spiro atoms. The number of aryl methyl sites for hydroxylation is 1. The number of nitrogens with one attached hydrogen (secondary N) is 1. The van der Waals surface area contributed by atoms with Crippen molar-refractivity contribution in [2.24, 2.45) is 5.73 Å². The molecule has 0 bridgehead atoms. The molecule has 10 heteroatoms. The number of nitrogens with two attached hydrogens (primary N) is 1. The SMILES string of the molecule is Cc1nc(N[C@H](C)c2cccc(C(F)(F)F)c2C)c2c(n1)C(=C=O)N(C)C(C(N)=O)=C2. The van der Waals surface area contributed by atoms with Gasteiger partial charge in [-0.3, -0.25) is 4.79 Å². The van der Waals surface area contributed by atoms with Gasteiger partial charge in [-0.1, -0.05) is 12.1 Å². The van der Waals surface area contributed by atoms with Crippen molar-refractivity contribution in [3.8, 4) is 0 Å². The fraction of sp³-hybridized carbons (Fsp3) is 0.286. The number of benzene rings is 1. The van der Waals surface area contributed by atoms with Crippen LogP contribution in [0.25, 0.3) is 11.8 Å². The van der Waals surface area contributed by atoms with Gasteiger partial charge in [-0.05, 0) is 44.0 Å². The molecule has 0 aliphatic carbocycles. The largest absolute Gasteiger partial charge is 0.416 e. The first kappa shape index (κ1) is 22.0. The minimum absolute atomic E-state index is 0.00255. The van der Waals surface area contributed by atoms with E-state index < -0.39 is 23.7 Å². The minimum Gasteiger partial charge on any atom is -0.364 e. The summed E-state index contributed by atoms with van der Waals surface area (Å²) >= 11 is 0. The monoisotopic (exact) mass is 431 g/mol. The fourth-order valence-electron chi connectivity index (χ4n) is 3.59. The van der Waals surface area contributed by atoms with Crippen LogP contribution >= 0.6 is 0 Å². The molecule has 162 valence electrons. The van der Waals surface area contributed by atoms with E-state index in [1.54, 1.807) is 25.9 Å². The average Bonchev–Trinajstić information content (AvgIpc) is 2.66. The molecule has 3 rings (SSSR count). The summed E-state index contributed by atoms with van der Waals surface area (Å²) in [6.45, 7) is 4.71. The smallest absolute Gasteiger partial charge is 0.364 e. The number of primary amides is 1. The summed E-state index contributed by atoms with van der Waals surface area (Å²) in [4.78, 5) is 33.3. The highest BCUT2D eigenvalue weighted by Crippen LogP contribution is 2.37. The third kappa shape index (κ3) is 4.02. The molecule has 1 aromatic carbocycles. The first-order valence-electron chi connectivity index (χ1n) is 9.28. The van der Waals surface area contributed by atoms with Gasteiger partial charge >= 0.3 is 6.18 Å². The lowest BCUT2D eigenvalue weighted by Crippen LogP contribution is -2.31. The van der Waals surface area contributed by atoms with Gasteiger partial charge < -0.3 is 16.0 Å². The molecule has 1 atom stereocenters. The lowest BCUT2D eigenvalue weighted by molar-refractivity contribution is -0.138. The van der Waals surface area contributed by atoms with Crippen LogP contribution in [0.15, 0.2) is 23.9 Å². The predicted octanol–water partition coefficient (Wildman–Crippen LogP) is 3.23. The number of carbonyl (C=O) groups is 1. The van der Waals surface area contributed by atoms with Crippen molar-refractivity contribution in [1.29, 1.82) is 0 Å².